The van der Waals surface area contributed by atoms with E-state index in [1.165, 1.54) is 7.11 Å². The topological polar surface area (TPSA) is 66.8 Å². The van der Waals surface area contributed by atoms with E-state index in [9.17, 15) is 9.59 Å². The van der Waals surface area contributed by atoms with Crippen molar-refractivity contribution < 1.29 is 23.8 Å². The average Bonchev–Trinajstić information content (AvgIpc) is 2.93. The van der Waals surface area contributed by atoms with Crippen molar-refractivity contribution in [2.24, 2.45) is 13.0 Å². The molecule has 152 valence electrons. The number of hydrogen-bond acceptors (Lipinski definition) is 5. The summed E-state index contributed by atoms with van der Waals surface area (Å²) >= 11 is 0. The van der Waals surface area contributed by atoms with Crippen molar-refractivity contribution in [1.82, 2.24) is 4.57 Å². The number of hydrogen-bond donors (Lipinski definition) is 0. The highest BCUT2D eigenvalue weighted by atomic mass is 16.5. The zero-order valence-corrected chi connectivity index (χ0v) is 17.5. The lowest BCUT2D eigenvalue weighted by atomic mass is 10.1. The summed E-state index contributed by atoms with van der Waals surface area (Å²) in [5.74, 6) is 0.765. The van der Waals surface area contributed by atoms with Crippen molar-refractivity contribution in [3.63, 3.8) is 0 Å². The molecule has 0 N–H and O–H groups in total. The SMILES string of the molecule is COc1cc(C(=O)OCC(=O)c2cc(C)n(C)c2C)ccc1OCCC(C)C. The van der Waals surface area contributed by atoms with Crippen LogP contribution >= 0.6 is 0 Å². The number of rotatable bonds is 9. The number of carbonyl (C=O) groups is 2. The Labute approximate surface area is 166 Å². The van der Waals surface area contributed by atoms with Crippen LogP contribution in [0.25, 0.3) is 0 Å². The molecule has 6 heteroatoms. The standard InChI is InChI=1S/C22H29NO5/c1-14(2)9-10-27-20-8-7-17(12-21(20)26-6)22(25)28-13-19(24)18-11-15(3)23(5)16(18)4/h7-8,11-12,14H,9-10,13H2,1-6H3. The van der Waals surface area contributed by atoms with E-state index in [1.807, 2.05) is 25.5 Å². The first-order valence-electron chi connectivity index (χ1n) is 9.38. The minimum Gasteiger partial charge on any atom is -0.493 e. The van der Waals surface area contributed by atoms with Gasteiger partial charge in [-0.2, -0.15) is 0 Å². The van der Waals surface area contributed by atoms with Gasteiger partial charge in [0.05, 0.1) is 19.3 Å². The first-order chi connectivity index (χ1) is 13.2. The van der Waals surface area contributed by atoms with Crippen molar-refractivity contribution in [2.75, 3.05) is 20.3 Å². The van der Waals surface area contributed by atoms with Crippen LogP contribution in [0.3, 0.4) is 0 Å². The van der Waals surface area contributed by atoms with Crippen LogP contribution < -0.4 is 9.47 Å². The number of aryl methyl sites for hydroxylation is 1. The van der Waals surface area contributed by atoms with Gasteiger partial charge in [0.25, 0.3) is 0 Å². The lowest BCUT2D eigenvalue weighted by Gasteiger charge is -2.13. The first-order valence-corrected chi connectivity index (χ1v) is 9.38. The quantitative estimate of drug-likeness (QED) is 0.478. The van der Waals surface area contributed by atoms with Gasteiger partial charge in [-0.25, -0.2) is 4.79 Å². The van der Waals surface area contributed by atoms with Gasteiger partial charge in [0.2, 0.25) is 5.78 Å². The highest BCUT2D eigenvalue weighted by molar-refractivity contribution is 6.00. The molecule has 0 spiro atoms. The van der Waals surface area contributed by atoms with E-state index in [2.05, 4.69) is 13.8 Å². The fraction of sp³-hybridized carbons (Fsp3) is 0.455. The van der Waals surface area contributed by atoms with Crippen LogP contribution in [0.4, 0.5) is 0 Å². The molecular formula is C22H29NO5. The maximum Gasteiger partial charge on any atom is 0.338 e. The second-order valence-corrected chi connectivity index (χ2v) is 7.24. The van der Waals surface area contributed by atoms with E-state index in [0.717, 1.165) is 17.8 Å². The van der Waals surface area contributed by atoms with Crippen molar-refractivity contribution >= 4 is 11.8 Å². The normalized spacial score (nSPS) is 10.8. The van der Waals surface area contributed by atoms with Gasteiger partial charge in [0, 0.05) is 24.0 Å². The van der Waals surface area contributed by atoms with E-state index in [-0.39, 0.29) is 12.4 Å². The summed E-state index contributed by atoms with van der Waals surface area (Å²) in [6.07, 6.45) is 0.924. The maximum absolute atomic E-state index is 12.4. The van der Waals surface area contributed by atoms with Crippen LogP contribution in [-0.2, 0) is 11.8 Å². The van der Waals surface area contributed by atoms with E-state index in [1.54, 1.807) is 24.3 Å². The van der Waals surface area contributed by atoms with Crippen molar-refractivity contribution in [2.45, 2.75) is 34.1 Å². The molecule has 0 radical (unpaired) electrons. The second-order valence-electron chi connectivity index (χ2n) is 7.24. The molecule has 0 saturated carbocycles. The van der Waals surface area contributed by atoms with Crippen LogP contribution in [0.2, 0.25) is 0 Å². The smallest absolute Gasteiger partial charge is 0.338 e. The summed E-state index contributed by atoms with van der Waals surface area (Å²) < 4.78 is 18.2. The molecule has 0 fully saturated rings. The Morgan fingerprint density at radius 3 is 2.39 bits per heavy atom. The Hall–Kier alpha value is -2.76. The predicted molar refractivity (Wildman–Crippen MR) is 107 cm³/mol. The lowest BCUT2D eigenvalue weighted by Crippen LogP contribution is -2.15. The number of benzene rings is 1. The zero-order chi connectivity index (χ0) is 20.8. The molecule has 0 amide bonds. The molecule has 0 saturated heterocycles. The molecule has 0 aliphatic carbocycles. The molecule has 28 heavy (non-hydrogen) atoms. The summed E-state index contributed by atoms with van der Waals surface area (Å²) in [4.78, 5) is 24.7. The minimum atomic E-state index is -0.578. The fourth-order valence-corrected chi connectivity index (χ4v) is 2.75. The number of nitrogens with zero attached hydrogens (tertiary/aromatic N) is 1. The third-order valence-electron chi connectivity index (χ3n) is 4.76. The summed E-state index contributed by atoms with van der Waals surface area (Å²) in [5.41, 5.74) is 2.70. The molecule has 0 atom stereocenters. The van der Waals surface area contributed by atoms with Crippen LogP contribution in [0.5, 0.6) is 11.5 Å². The van der Waals surface area contributed by atoms with Crippen LogP contribution in [0, 0.1) is 19.8 Å². The van der Waals surface area contributed by atoms with Gasteiger partial charge < -0.3 is 18.8 Å². The number of ether oxygens (including phenoxy) is 3. The van der Waals surface area contributed by atoms with Gasteiger partial charge in [0.15, 0.2) is 18.1 Å². The van der Waals surface area contributed by atoms with Gasteiger partial charge in [-0.05, 0) is 50.5 Å². The van der Waals surface area contributed by atoms with Crippen molar-refractivity contribution in [1.29, 1.82) is 0 Å². The largest absolute Gasteiger partial charge is 0.493 e. The summed E-state index contributed by atoms with van der Waals surface area (Å²) in [6, 6.07) is 6.66. The molecule has 2 aromatic rings. The molecular weight excluding hydrogens is 358 g/mol. The number of aromatic nitrogens is 1. The summed E-state index contributed by atoms with van der Waals surface area (Å²) in [6.45, 7) is 8.30. The predicted octanol–water partition coefficient (Wildman–Crippen LogP) is 4.12. The van der Waals surface area contributed by atoms with Crippen LogP contribution in [-0.4, -0.2) is 36.6 Å². The van der Waals surface area contributed by atoms with Gasteiger partial charge in [0.1, 0.15) is 0 Å². The third kappa shape index (κ3) is 5.15. The van der Waals surface area contributed by atoms with E-state index in [0.29, 0.717) is 35.2 Å². The van der Waals surface area contributed by atoms with Crippen molar-refractivity contribution in [3.8, 4) is 11.5 Å². The lowest BCUT2D eigenvalue weighted by molar-refractivity contribution is 0.0474. The number of Topliss-reactive ketones (excluding diaryl/α,β-unsaturated/α-hetero) is 1. The molecule has 2 rings (SSSR count). The number of esters is 1. The Kier molecular flexibility index (Phi) is 7.26. The Bertz CT molecular complexity index is 851. The van der Waals surface area contributed by atoms with Gasteiger partial charge in [-0.15, -0.1) is 0 Å². The molecule has 6 nitrogen and oxygen atoms in total. The first kappa shape index (κ1) is 21.5. The highest BCUT2D eigenvalue weighted by Crippen LogP contribution is 2.28. The van der Waals surface area contributed by atoms with Crippen LogP contribution in [0.1, 0.15) is 52.4 Å². The van der Waals surface area contributed by atoms with Gasteiger partial charge >= 0.3 is 5.97 Å². The number of carbonyl (C=O) groups excluding carboxylic acids is 2. The maximum atomic E-state index is 12.4. The van der Waals surface area contributed by atoms with Gasteiger partial charge in [-0.3, -0.25) is 4.79 Å². The zero-order valence-electron chi connectivity index (χ0n) is 17.5. The third-order valence-corrected chi connectivity index (χ3v) is 4.76. The Morgan fingerprint density at radius 2 is 1.82 bits per heavy atom. The monoisotopic (exact) mass is 387 g/mol. The highest BCUT2D eigenvalue weighted by Gasteiger charge is 2.18. The Balaban J connectivity index is 2.01. The average molecular weight is 387 g/mol. The van der Waals surface area contributed by atoms with E-state index >= 15 is 0 Å². The number of methoxy groups -OCH3 is 1. The molecule has 0 aliphatic rings. The molecule has 1 aromatic carbocycles. The summed E-state index contributed by atoms with van der Waals surface area (Å²) in [7, 11) is 3.41. The molecule has 0 aliphatic heterocycles. The van der Waals surface area contributed by atoms with E-state index in [4.69, 9.17) is 14.2 Å². The second kappa shape index (κ2) is 9.44. The fourth-order valence-electron chi connectivity index (χ4n) is 2.75. The van der Waals surface area contributed by atoms with E-state index < -0.39 is 5.97 Å². The minimum absolute atomic E-state index is 0.227. The molecule has 1 aromatic heterocycles. The van der Waals surface area contributed by atoms with Crippen LogP contribution in [0.15, 0.2) is 24.3 Å². The molecule has 0 unspecified atom stereocenters. The number of ketones is 1. The molecule has 0 bridgehead atoms. The van der Waals surface area contributed by atoms with Gasteiger partial charge in [-0.1, -0.05) is 13.8 Å². The summed E-state index contributed by atoms with van der Waals surface area (Å²) in [5, 5.41) is 0. The van der Waals surface area contributed by atoms with Crippen molar-refractivity contribution in [3.05, 3.63) is 46.8 Å². The molecule has 1 heterocycles. The Morgan fingerprint density at radius 1 is 1.11 bits per heavy atom.